The second kappa shape index (κ2) is 8.34. The van der Waals surface area contributed by atoms with E-state index in [1.807, 2.05) is 31.1 Å². The highest BCUT2D eigenvalue weighted by atomic mass is 16.5. The van der Waals surface area contributed by atoms with Crippen molar-refractivity contribution in [2.24, 2.45) is 0 Å². The number of carbonyl (C=O) groups excluding carboxylic acids is 2. The predicted molar refractivity (Wildman–Crippen MR) is 106 cm³/mol. The Morgan fingerprint density at radius 1 is 1.11 bits per heavy atom. The zero-order valence-electron chi connectivity index (χ0n) is 15.6. The van der Waals surface area contributed by atoms with E-state index in [0.717, 1.165) is 10.3 Å². The lowest BCUT2D eigenvalue weighted by atomic mass is 10.2. The van der Waals surface area contributed by atoms with E-state index < -0.39 is 18.5 Å². The number of hydrogen-bond donors (Lipinski definition) is 1. The number of nitrogens with zero attached hydrogens (tertiary/aromatic N) is 3. The van der Waals surface area contributed by atoms with Crippen molar-refractivity contribution in [3.63, 3.8) is 0 Å². The van der Waals surface area contributed by atoms with Gasteiger partial charge in [0.1, 0.15) is 6.54 Å². The van der Waals surface area contributed by atoms with Crippen LogP contribution in [0.2, 0.25) is 0 Å². The van der Waals surface area contributed by atoms with Gasteiger partial charge in [0.25, 0.3) is 11.5 Å². The molecule has 3 aromatic rings. The van der Waals surface area contributed by atoms with E-state index in [-0.39, 0.29) is 12.1 Å². The van der Waals surface area contributed by atoms with Crippen molar-refractivity contribution in [2.75, 3.05) is 30.9 Å². The van der Waals surface area contributed by atoms with Gasteiger partial charge >= 0.3 is 5.97 Å². The number of fused-ring (bicyclic) bond motifs is 1. The van der Waals surface area contributed by atoms with Crippen LogP contribution in [-0.4, -0.2) is 42.1 Å². The molecule has 8 nitrogen and oxygen atoms in total. The van der Waals surface area contributed by atoms with E-state index in [1.54, 1.807) is 36.4 Å². The normalized spacial score (nSPS) is 10.5. The number of anilines is 2. The molecule has 0 atom stereocenters. The summed E-state index contributed by atoms with van der Waals surface area (Å²) in [5, 5.41) is 3.06. The Balaban J connectivity index is 1.55. The largest absolute Gasteiger partial charge is 0.454 e. The Labute approximate surface area is 161 Å². The standard InChI is InChI=1S/C20H20N4O4/c1-23(2)15-9-7-14(8-10-15)22-18(25)12-28-19(26)11-24-13-21-17-6-4-3-5-16(17)20(24)27/h3-10,13H,11-12H2,1-2H3,(H,22,25). The number of ether oxygens (including phenoxy) is 1. The first-order valence-electron chi connectivity index (χ1n) is 8.61. The van der Waals surface area contributed by atoms with Crippen LogP contribution in [-0.2, 0) is 20.9 Å². The lowest BCUT2D eigenvalue weighted by molar-refractivity contribution is -0.147. The van der Waals surface area contributed by atoms with Crippen molar-refractivity contribution in [3.05, 3.63) is 65.2 Å². The average molecular weight is 380 g/mol. The summed E-state index contributed by atoms with van der Waals surface area (Å²) in [6.45, 7) is -0.758. The third-order valence-electron chi connectivity index (χ3n) is 4.06. The molecule has 144 valence electrons. The summed E-state index contributed by atoms with van der Waals surface area (Å²) in [6.07, 6.45) is 1.29. The summed E-state index contributed by atoms with van der Waals surface area (Å²) in [7, 11) is 3.84. The molecule has 0 aliphatic rings. The van der Waals surface area contributed by atoms with Crippen LogP contribution in [0.4, 0.5) is 11.4 Å². The molecule has 0 fully saturated rings. The van der Waals surface area contributed by atoms with Gasteiger partial charge in [0.2, 0.25) is 0 Å². The summed E-state index contributed by atoms with van der Waals surface area (Å²) < 4.78 is 6.12. The predicted octanol–water partition coefficient (Wildman–Crippen LogP) is 1.64. The molecule has 0 spiro atoms. The zero-order chi connectivity index (χ0) is 20.1. The van der Waals surface area contributed by atoms with Gasteiger partial charge in [-0.3, -0.25) is 19.0 Å². The number of nitrogens with one attached hydrogen (secondary N) is 1. The summed E-state index contributed by atoms with van der Waals surface area (Å²) in [5.74, 6) is -1.16. The van der Waals surface area contributed by atoms with Crippen molar-refractivity contribution in [1.29, 1.82) is 0 Å². The minimum absolute atomic E-state index is 0.318. The highest BCUT2D eigenvalue weighted by Gasteiger charge is 2.11. The molecule has 0 radical (unpaired) electrons. The third kappa shape index (κ3) is 4.53. The maximum absolute atomic E-state index is 12.4. The number of benzene rings is 2. The maximum Gasteiger partial charge on any atom is 0.326 e. The van der Waals surface area contributed by atoms with Gasteiger partial charge in [0.05, 0.1) is 17.2 Å². The number of amides is 1. The van der Waals surface area contributed by atoms with Gasteiger partial charge < -0.3 is 15.0 Å². The molecule has 0 saturated carbocycles. The molecule has 28 heavy (non-hydrogen) atoms. The lowest BCUT2D eigenvalue weighted by Gasteiger charge is -2.13. The van der Waals surface area contributed by atoms with Crippen molar-refractivity contribution in [3.8, 4) is 0 Å². The molecule has 2 aromatic carbocycles. The first-order chi connectivity index (χ1) is 13.4. The van der Waals surface area contributed by atoms with Crippen LogP contribution in [0.15, 0.2) is 59.7 Å². The van der Waals surface area contributed by atoms with Gasteiger partial charge in [-0.15, -0.1) is 0 Å². The Kier molecular flexibility index (Phi) is 5.69. The van der Waals surface area contributed by atoms with Gasteiger partial charge in [0, 0.05) is 25.5 Å². The highest BCUT2D eigenvalue weighted by molar-refractivity contribution is 5.93. The quantitative estimate of drug-likeness (QED) is 0.654. The number of aromatic nitrogens is 2. The van der Waals surface area contributed by atoms with Crippen LogP contribution in [0.5, 0.6) is 0 Å². The van der Waals surface area contributed by atoms with Gasteiger partial charge in [-0.05, 0) is 36.4 Å². The fraction of sp³-hybridized carbons (Fsp3) is 0.200. The third-order valence-corrected chi connectivity index (χ3v) is 4.06. The molecule has 0 aliphatic heterocycles. The second-order valence-electron chi connectivity index (χ2n) is 6.34. The van der Waals surface area contributed by atoms with E-state index in [4.69, 9.17) is 4.74 Å². The first-order valence-corrected chi connectivity index (χ1v) is 8.61. The molecule has 8 heteroatoms. The zero-order valence-corrected chi connectivity index (χ0v) is 15.6. The molecule has 0 bridgehead atoms. The van der Waals surface area contributed by atoms with Crippen molar-refractivity contribution in [1.82, 2.24) is 9.55 Å². The van der Waals surface area contributed by atoms with Crippen LogP contribution in [0.25, 0.3) is 10.9 Å². The van der Waals surface area contributed by atoms with E-state index in [2.05, 4.69) is 10.3 Å². The Hall–Kier alpha value is -3.68. The van der Waals surface area contributed by atoms with E-state index in [1.165, 1.54) is 6.33 Å². The second-order valence-corrected chi connectivity index (χ2v) is 6.34. The number of esters is 1. The molecular formula is C20H20N4O4. The Morgan fingerprint density at radius 3 is 2.54 bits per heavy atom. The van der Waals surface area contributed by atoms with Crippen LogP contribution in [0.3, 0.4) is 0 Å². The van der Waals surface area contributed by atoms with Crippen molar-refractivity contribution in [2.45, 2.75) is 6.54 Å². The Morgan fingerprint density at radius 2 is 1.82 bits per heavy atom. The fourth-order valence-electron chi connectivity index (χ4n) is 2.59. The molecule has 1 N–H and O–H groups in total. The van der Waals surface area contributed by atoms with E-state index in [9.17, 15) is 14.4 Å². The summed E-state index contributed by atoms with van der Waals surface area (Å²) in [4.78, 5) is 42.4. The van der Waals surface area contributed by atoms with E-state index in [0.29, 0.717) is 16.6 Å². The monoisotopic (exact) mass is 380 g/mol. The molecule has 1 amide bonds. The molecule has 1 aromatic heterocycles. The molecular weight excluding hydrogens is 360 g/mol. The fourth-order valence-corrected chi connectivity index (χ4v) is 2.59. The number of hydrogen-bond acceptors (Lipinski definition) is 6. The molecule has 3 rings (SSSR count). The topological polar surface area (TPSA) is 93.5 Å². The van der Waals surface area contributed by atoms with Crippen molar-refractivity contribution >= 4 is 34.2 Å². The number of rotatable bonds is 6. The Bertz CT molecular complexity index is 1060. The maximum atomic E-state index is 12.4. The summed E-state index contributed by atoms with van der Waals surface area (Å²) in [5.41, 5.74) is 1.81. The average Bonchev–Trinajstić information content (AvgIpc) is 2.69. The molecule has 0 unspecified atom stereocenters. The SMILES string of the molecule is CN(C)c1ccc(NC(=O)COC(=O)Cn2cnc3ccccc3c2=O)cc1. The first kappa shape index (κ1) is 19.1. The smallest absolute Gasteiger partial charge is 0.326 e. The van der Waals surface area contributed by atoms with Crippen LogP contribution in [0, 0.1) is 0 Å². The lowest BCUT2D eigenvalue weighted by Crippen LogP contribution is -2.28. The van der Waals surface area contributed by atoms with E-state index >= 15 is 0 Å². The molecule has 0 saturated heterocycles. The van der Waals surface area contributed by atoms with Crippen molar-refractivity contribution < 1.29 is 14.3 Å². The van der Waals surface area contributed by atoms with Gasteiger partial charge in [-0.1, -0.05) is 12.1 Å². The highest BCUT2D eigenvalue weighted by Crippen LogP contribution is 2.15. The van der Waals surface area contributed by atoms with Gasteiger partial charge in [-0.2, -0.15) is 0 Å². The van der Waals surface area contributed by atoms with Gasteiger partial charge in [-0.25, -0.2) is 4.98 Å². The molecule has 0 aliphatic carbocycles. The minimum atomic E-state index is -0.697. The molecule has 1 heterocycles. The number of carbonyl (C=O) groups is 2. The van der Waals surface area contributed by atoms with Crippen LogP contribution in [0.1, 0.15) is 0 Å². The number of para-hydroxylation sites is 1. The summed E-state index contributed by atoms with van der Waals surface area (Å²) >= 11 is 0. The van der Waals surface area contributed by atoms with Gasteiger partial charge in [0.15, 0.2) is 6.61 Å². The summed E-state index contributed by atoms with van der Waals surface area (Å²) in [6, 6.07) is 14.1. The van der Waals surface area contributed by atoms with Crippen LogP contribution >= 0.6 is 0 Å². The van der Waals surface area contributed by atoms with Crippen LogP contribution < -0.4 is 15.8 Å². The minimum Gasteiger partial charge on any atom is -0.454 e.